The molecular weight excluding hydrogens is 250 g/mol. The smallest absolute Gasteiger partial charge is 0.293 e. The highest BCUT2D eigenvalue weighted by Crippen LogP contribution is 2.30. The zero-order chi connectivity index (χ0) is 12.5. The lowest BCUT2D eigenvalue weighted by Gasteiger charge is -2.28. The van der Waals surface area contributed by atoms with Gasteiger partial charge in [0.05, 0.1) is 6.26 Å². The molecule has 18 heavy (non-hydrogen) atoms. The molecule has 3 nitrogen and oxygen atoms in total. The van der Waals surface area contributed by atoms with Gasteiger partial charge < -0.3 is 9.32 Å². The number of furan rings is 1. The second kappa shape index (κ2) is 4.50. The highest BCUT2D eigenvalue weighted by molar-refractivity contribution is 6.30. The summed E-state index contributed by atoms with van der Waals surface area (Å²) < 4.78 is 5.17. The number of hydrogen-bond acceptors (Lipinski definition) is 2. The molecule has 1 aliphatic heterocycles. The monoisotopic (exact) mass is 261 g/mol. The van der Waals surface area contributed by atoms with Crippen LogP contribution in [0.1, 0.15) is 22.5 Å². The van der Waals surface area contributed by atoms with Crippen LogP contribution in [0.25, 0.3) is 0 Å². The van der Waals surface area contributed by atoms with Crippen LogP contribution in [0.15, 0.2) is 41.0 Å². The van der Waals surface area contributed by atoms with Crippen LogP contribution >= 0.6 is 11.6 Å². The van der Waals surface area contributed by atoms with Crippen LogP contribution in [0.3, 0.4) is 0 Å². The maximum atomic E-state index is 12.3. The molecule has 1 amide bonds. The maximum absolute atomic E-state index is 12.3. The minimum atomic E-state index is -0.0942. The second-order valence-corrected chi connectivity index (χ2v) is 4.75. The van der Waals surface area contributed by atoms with Gasteiger partial charge >= 0.3 is 0 Å². The van der Waals surface area contributed by atoms with Crippen molar-refractivity contribution in [3.63, 3.8) is 0 Å². The maximum Gasteiger partial charge on any atom is 0.293 e. The van der Waals surface area contributed by atoms with Gasteiger partial charge in [0.25, 0.3) is 5.91 Å². The first-order valence-electron chi connectivity index (χ1n) is 5.89. The lowest BCUT2D eigenvalue weighted by Crippen LogP contribution is -2.35. The molecule has 3 rings (SSSR count). The summed E-state index contributed by atoms with van der Waals surface area (Å²) in [5, 5.41) is 0.709. The van der Waals surface area contributed by atoms with Crippen molar-refractivity contribution in [1.29, 1.82) is 0 Å². The number of halogens is 1. The van der Waals surface area contributed by atoms with Gasteiger partial charge in [0.2, 0.25) is 0 Å². The van der Waals surface area contributed by atoms with E-state index in [0.717, 1.165) is 24.1 Å². The number of rotatable bonds is 1. The number of fused-ring (bicyclic) bond motifs is 1. The van der Waals surface area contributed by atoms with Gasteiger partial charge in [-0.05, 0) is 48.7 Å². The Hall–Kier alpha value is -1.74. The van der Waals surface area contributed by atoms with Gasteiger partial charge in [0.15, 0.2) is 5.76 Å². The van der Waals surface area contributed by atoms with Gasteiger partial charge in [-0.15, -0.1) is 0 Å². The molecule has 92 valence electrons. The molecular formula is C14H12ClNO2. The third-order valence-corrected chi connectivity index (χ3v) is 3.37. The molecule has 0 spiro atoms. The number of anilines is 1. The Balaban J connectivity index is 1.99. The van der Waals surface area contributed by atoms with Crippen molar-refractivity contribution < 1.29 is 9.21 Å². The molecule has 2 aromatic rings. The lowest BCUT2D eigenvalue weighted by molar-refractivity contribution is 0.0958. The minimum Gasteiger partial charge on any atom is -0.459 e. The number of nitrogens with zero attached hydrogens (tertiary/aromatic N) is 1. The van der Waals surface area contributed by atoms with Crippen molar-refractivity contribution in [2.45, 2.75) is 12.8 Å². The molecule has 2 heterocycles. The van der Waals surface area contributed by atoms with E-state index in [1.165, 1.54) is 6.26 Å². The van der Waals surface area contributed by atoms with E-state index in [1.54, 1.807) is 17.0 Å². The van der Waals surface area contributed by atoms with E-state index in [2.05, 4.69) is 0 Å². The van der Waals surface area contributed by atoms with Crippen molar-refractivity contribution in [2.24, 2.45) is 0 Å². The number of hydrogen-bond donors (Lipinski definition) is 0. The van der Waals surface area contributed by atoms with E-state index >= 15 is 0 Å². The molecule has 1 aliphatic rings. The number of aryl methyl sites for hydroxylation is 1. The Morgan fingerprint density at radius 1 is 1.33 bits per heavy atom. The van der Waals surface area contributed by atoms with Gasteiger partial charge in [0, 0.05) is 17.3 Å². The van der Waals surface area contributed by atoms with E-state index in [1.807, 2.05) is 18.2 Å². The SMILES string of the molecule is O=C(c1ccco1)N1CCCc2cc(Cl)ccc21. The fraction of sp³-hybridized carbons (Fsp3) is 0.214. The molecule has 0 fully saturated rings. The Morgan fingerprint density at radius 3 is 3.00 bits per heavy atom. The molecule has 0 aliphatic carbocycles. The molecule has 0 bridgehead atoms. The van der Waals surface area contributed by atoms with Gasteiger partial charge in [0.1, 0.15) is 0 Å². The molecule has 0 atom stereocenters. The Kier molecular flexibility index (Phi) is 2.84. The molecule has 0 saturated carbocycles. The topological polar surface area (TPSA) is 33.5 Å². The van der Waals surface area contributed by atoms with Crippen LogP contribution in [-0.4, -0.2) is 12.5 Å². The average Bonchev–Trinajstić information content (AvgIpc) is 2.90. The van der Waals surface area contributed by atoms with Gasteiger partial charge in [-0.3, -0.25) is 4.79 Å². The summed E-state index contributed by atoms with van der Waals surface area (Å²) in [6, 6.07) is 9.05. The second-order valence-electron chi connectivity index (χ2n) is 4.31. The van der Waals surface area contributed by atoms with Crippen molar-refractivity contribution in [3.8, 4) is 0 Å². The highest BCUT2D eigenvalue weighted by Gasteiger charge is 2.25. The van der Waals surface area contributed by atoms with Gasteiger partial charge in [-0.1, -0.05) is 11.6 Å². The fourth-order valence-corrected chi connectivity index (χ4v) is 2.50. The van der Waals surface area contributed by atoms with Crippen molar-refractivity contribution in [1.82, 2.24) is 0 Å². The van der Waals surface area contributed by atoms with Crippen molar-refractivity contribution in [2.75, 3.05) is 11.4 Å². The van der Waals surface area contributed by atoms with Crippen molar-refractivity contribution >= 4 is 23.2 Å². The number of carbonyl (C=O) groups excluding carboxylic acids is 1. The summed E-state index contributed by atoms with van der Waals surface area (Å²) in [4.78, 5) is 14.1. The first-order chi connectivity index (χ1) is 8.75. The molecule has 0 saturated heterocycles. The van der Waals surface area contributed by atoms with E-state index in [0.29, 0.717) is 17.3 Å². The summed E-state index contributed by atoms with van der Waals surface area (Å²) in [6.45, 7) is 0.716. The normalized spacial score (nSPS) is 14.4. The summed E-state index contributed by atoms with van der Waals surface area (Å²) in [6.07, 6.45) is 3.41. The summed E-state index contributed by atoms with van der Waals surface area (Å²) in [7, 11) is 0. The van der Waals surface area contributed by atoms with Gasteiger partial charge in [-0.25, -0.2) is 0 Å². The van der Waals surface area contributed by atoms with Crippen LogP contribution in [0.4, 0.5) is 5.69 Å². The fourth-order valence-electron chi connectivity index (χ4n) is 2.31. The van der Waals surface area contributed by atoms with Crippen LogP contribution in [-0.2, 0) is 6.42 Å². The van der Waals surface area contributed by atoms with Crippen LogP contribution in [0.5, 0.6) is 0 Å². The average molecular weight is 262 g/mol. The van der Waals surface area contributed by atoms with Crippen LogP contribution in [0, 0.1) is 0 Å². The Bertz CT molecular complexity index is 577. The molecule has 1 aromatic heterocycles. The zero-order valence-electron chi connectivity index (χ0n) is 9.73. The minimum absolute atomic E-state index is 0.0942. The summed E-state index contributed by atoms with van der Waals surface area (Å²) in [5.41, 5.74) is 2.06. The Labute approximate surface area is 110 Å². The Morgan fingerprint density at radius 2 is 2.22 bits per heavy atom. The highest BCUT2D eigenvalue weighted by atomic mass is 35.5. The third kappa shape index (κ3) is 1.91. The predicted molar refractivity (Wildman–Crippen MR) is 70.2 cm³/mol. The largest absolute Gasteiger partial charge is 0.459 e. The molecule has 0 radical (unpaired) electrons. The van der Waals surface area contributed by atoms with Crippen LogP contribution < -0.4 is 4.90 Å². The van der Waals surface area contributed by atoms with Crippen molar-refractivity contribution in [3.05, 3.63) is 52.9 Å². The standard InChI is InChI=1S/C14H12ClNO2/c15-11-5-6-12-10(9-11)3-1-7-16(12)14(17)13-4-2-8-18-13/h2,4-6,8-9H,1,3,7H2. The number of carbonyl (C=O) groups is 1. The molecule has 4 heteroatoms. The van der Waals surface area contributed by atoms with E-state index in [-0.39, 0.29) is 5.91 Å². The third-order valence-electron chi connectivity index (χ3n) is 3.14. The molecule has 0 N–H and O–H groups in total. The number of amides is 1. The summed E-state index contributed by atoms with van der Waals surface area (Å²) in [5.74, 6) is 0.279. The zero-order valence-corrected chi connectivity index (χ0v) is 10.5. The lowest BCUT2D eigenvalue weighted by atomic mass is 10.0. The first-order valence-corrected chi connectivity index (χ1v) is 6.27. The quantitative estimate of drug-likeness (QED) is 0.787. The number of benzene rings is 1. The van der Waals surface area contributed by atoms with Crippen LogP contribution in [0.2, 0.25) is 5.02 Å². The molecule has 1 aromatic carbocycles. The van der Waals surface area contributed by atoms with E-state index in [9.17, 15) is 4.79 Å². The predicted octanol–water partition coefficient (Wildman–Crippen LogP) is 3.53. The first kappa shape index (κ1) is 11.4. The summed E-state index contributed by atoms with van der Waals surface area (Å²) >= 11 is 5.98. The van der Waals surface area contributed by atoms with E-state index in [4.69, 9.17) is 16.0 Å². The van der Waals surface area contributed by atoms with Gasteiger partial charge in [-0.2, -0.15) is 0 Å². The van der Waals surface area contributed by atoms with E-state index < -0.39 is 0 Å². The molecule has 0 unspecified atom stereocenters.